The maximum atomic E-state index is 13.0. The van der Waals surface area contributed by atoms with Gasteiger partial charge < -0.3 is 9.47 Å². The first kappa shape index (κ1) is 24.1. The summed E-state index contributed by atoms with van der Waals surface area (Å²) in [5, 5.41) is 0. The molecule has 0 amide bonds. The average Bonchev–Trinajstić information content (AvgIpc) is 3.27. The normalized spacial score (nSPS) is 30.7. The number of hydrogen-bond donors (Lipinski definition) is 0. The van der Waals surface area contributed by atoms with Crippen molar-refractivity contribution in [3.8, 4) is 0 Å². The van der Waals surface area contributed by atoms with E-state index < -0.39 is 12.2 Å². The van der Waals surface area contributed by atoms with Crippen LogP contribution in [0.15, 0.2) is 60.7 Å². The van der Waals surface area contributed by atoms with Crippen LogP contribution in [0.1, 0.15) is 73.6 Å². The van der Waals surface area contributed by atoms with E-state index in [9.17, 15) is 9.59 Å². The number of benzene rings is 2. The zero-order valence-electron chi connectivity index (χ0n) is 21.1. The molecule has 5 nitrogen and oxygen atoms in total. The topological polar surface area (TPSA) is 55.8 Å². The van der Waals surface area contributed by atoms with Crippen LogP contribution in [0.3, 0.4) is 0 Å². The van der Waals surface area contributed by atoms with Gasteiger partial charge >= 0.3 is 11.9 Å². The monoisotopic (exact) mass is 475 g/mol. The summed E-state index contributed by atoms with van der Waals surface area (Å²) < 4.78 is 12.1. The largest absolute Gasteiger partial charge is 0.455 e. The van der Waals surface area contributed by atoms with Crippen LogP contribution in [-0.4, -0.2) is 47.2 Å². The lowest BCUT2D eigenvalue weighted by molar-refractivity contribution is -0.0908. The molecule has 0 radical (unpaired) electrons. The van der Waals surface area contributed by atoms with Crippen molar-refractivity contribution in [3.05, 3.63) is 71.8 Å². The molecule has 186 valence electrons. The highest BCUT2D eigenvalue weighted by molar-refractivity contribution is 5.90. The minimum absolute atomic E-state index is 0.161. The Hall–Kier alpha value is -2.66. The minimum atomic E-state index is -0.433. The second-order valence-electron chi connectivity index (χ2n) is 11.6. The molecule has 0 N–H and O–H groups in total. The Bertz CT molecular complexity index is 1030. The maximum Gasteiger partial charge on any atom is 0.338 e. The van der Waals surface area contributed by atoms with E-state index in [2.05, 4.69) is 25.7 Å². The Labute approximate surface area is 208 Å². The molecule has 1 aliphatic heterocycles. The molecule has 2 aromatic rings. The van der Waals surface area contributed by atoms with E-state index in [4.69, 9.17) is 9.47 Å². The molecule has 6 atom stereocenters. The molecule has 0 aromatic heterocycles. The van der Waals surface area contributed by atoms with Gasteiger partial charge in [-0.3, -0.25) is 4.90 Å². The molecular weight excluding hydrogens is 438 g/mol. The lowest BCUT2D eigenvalue weighted by Gasteiger charge is -2.49. The molecular formula is C30H37NO4. The van der Waals surface area contributed by atoms with Crippen LogP contribution < -0.4 is 0 Å². The van der Waals surface area contributed by atoms with Crippen molar-refractivity contribution in [1.29, 1.82) is 0 Å². The van der Waals surface area contributed by atoms with Gasteiger partial charge in [0.05, 0.1) is 11.1 Å². The number of likely N-dealkylation sites (tertiary alicyclic amines) is 1. The molecule has 0 bridgehead atoms. The predicted molar refractivity (Wildman–Crippen MR) is 135 cm³/mol. The van der Waals surface area contributed by atoms with Crippen molar-refractivity contribution in [2.45, 2.75) is 76.7 Å². The molecule has 0 spiro atoms. The quantitative estimate of drug-likeness (QED) is 0.527. The summed E-state index contributed by atoms with van der Waals surface area (Å²) >= 11 is 0. The van der Waals surface area contributed by atoms with Gasteiger partial charge in [-0.1, -0.05) is 36.4 Å². The third-order valence-electron chi connectivity index (χ3n) is 8.38. The van der Waals surface area contributed by atoms with E-state index >= 15 is 0 Å². The van der Waals surface area contributed by atoms with E-state index in [-0.39, 0.29) is 17.5 Å². The van der Waals surface area contributed by atoms with E-state index in [1.807, 2.05) is 36.4 Å². The van der Waals surface area contributed by atoms with Crippen molar-refractivity contribution in [1.82, 2.24) is 4.90 Å². The third kappa shape index (κ3) is 5.16. The predicted octanol–water partition coefficient (Wildman–Crippen LogP) is 5.75. The van der Waals surface area contributed by atoms with Crippen molar-refractivity contribution in [2.75, 3.05) is 6.54 Å². The molecule has 2 saturated carbocycles. The number of esters is 2. The standard InChI is InChI=1S/C30H37NO4/c1-30(2,3)31-15-14-22-16-23-18-26(34-28(32)20-10-6-4-7-11-20)27(19-24(23)17-25(22)31)35-29(33)21-12-8-5-9-13-21/h4-13,22-27H,14-19H2,1-3H3. The fraction of sp³-hybridized carbons (Fsp3) is 0.533. The summed E-state index contributed by atoms with van der Waals surface area (Å²) in [6.45, 7) is 8.08. The Balaban J connectivity index is 1.35. The Morgan fingerprint density at radius 3 is 1.69 bits per heavy atom. The number of carbonyl (C=O) groups excluding carboxylic acids is 2. The molecule has 1 saturated heterocycles. The average molecular weight is 476 g/mol. The molecule has 35 heavy (non-hydrogen) atoms. The van der Waals surface area contributed by atoms with Gasteiger partial charge in [0.1, 0.15) is 12.2 Å². The number of hydrogen-bond acceptors (Lipinski definition) is 5. The molecule has 5 heteroatoms. The molecule has 1 heterocycles. The number of rotatable bonds is 4. The van der Waals surface area contributed by atoms with Crippen molar-refractivity contribution < 1.29 is 19.1 Å². The van der Waals surface area contributed by atoms with Crippen LogP contribution in [0.5, 0.6) is 0 Å². The smallest absolute Gasteiger partial charge is 0.338 e. The fourth-order valence-electron chi connectivity index (χ4n) is 6.71. The van der Waals surface area contributed by atoms with Gasteiger partial charge in [-0.25, -0.2) is 9.59 Å². The van der Waals surface area contributed by atoms with Gasteiger partial charge in [-0.15, -0.1) is 0 Å². The molecule has 3 aliphatic rings. The van der Waals surface area contributed by atoms with Crippen LogP contribution in [0.4, 0.5) is 0 Å². The summed E-state index contributed by atoms with van der Waals surface area (Å²) in [5.41, 5.74) is 1.22. The zero-order chi connectivity index (χ0) is 24.6. The first-order chi connectivity index (χ1) is 16.8. The van der Waals surface area contributed by atoms with Gasteiger partial charge in [-0.2, -0.15) is 0 Å². The Morgan fingerprint density at radius 1 is 0.714 bits per heavy atom. The zero-order valence-corrected chi connectivity index (χ0v) is 21.1. The van der Waals surface area contributed by atoms with Crippen LogP contribution in [0, 0.1) is 17.8 Å². The second kappa shape index (κ2) is 9.77. The summed E-state index contributed by atoms with van der Waals surface area (Å²) in [6, 6.07) is 18.8. The Morgan fingerprint density at radius 2 is 1.20 bits per heavy atom. The summed E-state index contributed by atoms with van der Waals surface area (Å²) in [5.74, 6) is 0.976. The summed E-state index contributed by atoms with van der Waals surface area (Å²) in [6.07, 6.45) is 4.19. The molecule has 3 fully saturated rings. The van der Waals surface area contributed by atoms with E-state index in [0.29, 0.717) is 34.9 Å². The SMILES string of the molecule is CC(C)(C)N1CCC2CC3CC(OC(=O)c4ccccc4)C(OC(=O)c4ccccc4)CC3CC21. The highest BCUT2D eigenvalue weighted by Gasteiger charge is 2.50. The van der Waals surface area contributed by atoms with Gasteiger partial charge in [0.2, 0.25) is 0 Å². The lowest BCUT2D eigenvalue weighted by atomic mass is 9.64. The molecule has 2 aliphatic carbocycles. The van der Waals surface area contributed by atoms with Crippen LogP contribution in [-0.2, 0) is 9.47 Å². The molecule has 6 unspecified atom stereocenters. The highest BCUT2D eigenvalue weighted by Crippen LogP contribution is 2.50. The van der Waals surface area contributed by atoms with E-state index in [1.165, 1.54) is 12.8 Å². The minimum Gasteiger partial charge on any atom is -0.455 e. The number of carbonyl (C=O) groups is 2. The van der Waals surface area contributed by atoms with E-state index in [1.54, 1.807) is 24.3 Å². The van der Waals surface area contributed by atoms with Gasteiger partial charge in [-0.05, 0) is 101 Å². The second-order valence-corrected chi connectivity index (χ2v) is 11.6. The Kier molecular flexibility index (Phi) is 6.71. The van der Waals surface area contributed by atoms with Crippen molar-refractivity contribution in [3.63, 3.8) is 0 Å². The van der Waals surface area contributed by atoms with Crippen LogP contribution in [0.2, 0.25) is 0 Å². The first-order valence-electron chi connectivity index (χ1n) is 13.1. The van der Waals surface area contributed by atoms with E-state index in [0.717, 1.165) is 25.8 Å². The van der Waals surface area contributed by atoms with Crippen molar-refractivity contribution >= 4 is 11.9 Å². The van der Waals surface area contributed by atoms with Crippen molar-refractivity contribution in [2.24, 2.45) is 17.8 Å². The van der Waals surface area contributed by atoms with Crippen LogP contribution >= 0.6 is 0 Å². The number of fused-ring (bicyclic) bond motifs is 2. The lowest BCUT2D eigenvalue weighted by Crippen LogP contribution is -2.52. The van der Waals surface area contributed by atoms with Gasteiger partial charge in [0, 0.05) is 11.6 Å². The molecule has 2 aromatic carbocycles. The van der Waals surface area contributed by atoms with Gasteiger partial charge in [0.25, 0.3) is 0 Å². The highest BCUT2D eigenvalue weighted by atomic mass is 16.6. The third-order valence-corrected chi connectivity index (χ3v) is 8.38. The van der Waals surface area contributed by atoms with Gasteiger partial charge in [0.15, 0.2) is 0 Å². The molecule has 5 rings (SSSR count). The summed E-state index contributed by atoms with van der Waals surface area (Å²) in [4.78, 5) is 28.6. The number of ether oxygens (including phenoxy) is 2. The number of nitrogens with zero attached hydrogens (tertiary/aromatic N) is 1. The maximum absolute atomic E-state index is 13.0. The fourth-order valence-corrected chi connectivity index (χ4v) is 6.71. The van der Waals surface area contributed by atoms with Crippen LogP contribution in [0.25, 0.3) is 0 Å². The first-order valence-corrected chi connectivity index (χ1v) is 13.1. The summed E-state index contributed by atoms with van der Waals surface area (Å²) in [7, 11) is 0.